The number of halogens is 3. The lowest BCUT2D eigenvalue weighted by Crippen LogP contribution is -2.38. The summed E-state index contributed by atoms with van der Waals surface area (Å²) in [5.41, 5.74) is 5.76. The van der Waals surface area contributed by atoms with Gasteiger partial charge in [0.05, 0.1) is 4.90 Å². The zero-order chi connectivity index (χ0) is 16.5. The maximum atomic E-state index is 12.9. The Hall–Kier alpha value is -1.08. The Labute approximate surface area is 123 Å². The minimum Gasteiger partial charge on any atom is -0.330 e. The van der Waals surface area contributed by atoms with Gasteiger partial charge >= 0.3 is 6.18 Å². The van der Waals surface area contributed by atoms with Gasteiger partial charge in [-0.1, -0.05) is 32.9 Å². The van der Waals surface area contributed by atoms with Gasteiger partial charge in [-0.05, 0) is 36.1 Å². The van der Waals surface area contributed by atoms with Crippen LogP contribution in [0.15, 0.2) is 29.2 Å². The van der Waals surface area contributed by atoms with Crippen molar-refractivity contribution in [3.8, 4) is 0 Å². The molecule has 0 bridgehead atoms. The molecule has 0 spiro atoms. The Kier molecular flexibility index (Phi) is 5.10. The largest absolute Gasteiger partial charge is 0.405 e. The standard InChI is InChI=1S/C14H20F3NO2S/c1-13(2,3)10-4-6-11(7-5-10)21(19,20)12(8-9-18)14(15,16)17/h4-7,12H,8-9,18H2,1-3H3. The van der Waals surface area contributed by atoms with Gasteiger partial charge in [-0.2, -0.15) is 13.2 Å². The minimum absolute atomic E-state index is 0.205. The Morgan fingerprint density at radius 1 is 1.10 bits per heavy atom. The Balaban J connectivity index is 3.23. The number of sulfone groups is 1. The molecule has 21 heavy (non-hydrogen) atoms. The molecule has 0 radical (unpaired) electrons. The first-order chi connectivity index (χ1) is 9.40. The van der Waals surface area contributed by atoms with Crippen molar-refractivity contribution in [3.05, 3.63) is 29.8 Å². The van der Waals surface area contributed by atoms with Crippen molar-refractivity contribution in [1.29, 1.82) is 0 Å². The molecule has 0 amide bonds. The Morgan fingerprint density at radius 3 is 1.90 bits per heavy atom. The summed E-state index contributed by atoms with van der Waals surface area (Å²) in [4.78, 5) is -0.328. The SMILES string of the molecule is CC(C)(C)c1ccc(S(=O)(=O)C(CCN)C(F)(F)F)cc1. The number of rotatable bonds is 4. The molecular weight excluding hydrogens is 303 g/mol. The number of nitrogens with two attached hydrogens (primary N) is 1. The summed E-state index contributed by atoms with van der Waals surface area (Å²) in [6, 6.07) is 5.54. The van der Waals surface area contributed by atoms with Gasteiger partial charge in [0.25, 0.3) is 0 Å². The first-order valence-corrected chi connectivity index (χ1v) is 8.06. The molecule has 0 aliphatic heterocycles. The summed E-state index contributed by atoms with van der Waals surface area (Å²) >= 11 is 0. The fraction of sp³-hybridized carbons (Fsp3) is 0.571. The molecule has 7 heteroatoms. The van der Waals surface area contributed by atoms with Gasteiger partial charge in [0.15, 0.2) is 15.1 Å². The molecule has 1 rings (SSSR count). The molecule has 0 aromatic heterocycles. The smallest absolute Gasteiger partial charge is 0.330 e. The minimum atomic E-state index is -4.83. The van der Waals surface area contributed by atoms with Gasteiger partial charge in [-0.3, -0.25) is 0 Å². The van der Waals surface area contributed by atoms with E-state index in [4.69, 9.17) is 5.73 Å². The van der Waals surface area contributed by atoms with E-state index in [9.17, 15) is 21.6 Å². The lowest BCUT2D eigenvalue weighted by molar-refractivity contribution is -0.131. The monoisotopic (exact) mass is 323 g/mol. The van der Waals surface area contributed by atoms with E-state index in [-0.39, 0.29) is 16.9 Å². The summed E-state index contributed by atoms with van der Waals surface area (Å²) in [6.45, 7) is 5.46. The predicted molar refractivity (Wildman–Crippen MR) is 75.8 cm³/mol. The van der Waals surface area contributed by atoms with E-state index in [1.165, 1.54) is 12.1 Å². The third-order valence-electron chi connectivity index (χ3n) is 3.22. The van der Waals surface area contributed by atoms with Crippen molar-refractivity contribution < 1.29 is 21.6 Å². The summed E-state index contributed by atoms with van der Waals surface area (Å²) in [5, 5.41) is -2.46. The molecule has 1 atom stereocenters. The molecule has 2 N–H and O–H groups in total. The molecular formula is C14H20F3NO2S. The second-order valence-electron chi connectivity index (χ2n) is 5.93. The van der Waals surface area contributed by atoms with Crippen molar-refractivity contribution in [2.24, 2.45) is 5.73 Å². The lowest BCUT2D eigenvalue weighted by atomic mass is 9.87. The van der Waals surface area contributed by atoms with Gasteiger partial charge in [-0.15, -0.1) is 0 Å². The topological polar surface area (TPSA) is 60.2 Å². The molecule has 1 aromatic carbocycles. The molecule has 0 aliphatic rings. The number of alkyl halides is 3. The van der Waals surface area contributed by atoms with Crippen molar-refractivity contribution >= 4 is 9.84 Å². The van der Waals surface area contributed by atoms with E-state index in [2.05, 4.69) is 0 Å². The van der Waals surface area contributed by atoms with Crippen LogP contribution in [0.25, 0.3) is 0 Å². The highest BCUT2D eigenvalue weighted by Crippen LogP contribution is 2.33. The molecule has 0 fully saturated rings. The van der Waals surface area contributed by atoms with E-state index in [0.717, 1.165) is 5.56 Å². The quantitative estimate of drug-likeness (QED) is 0.926. The first-order valence-electron chi connectivity index (χ1n) is 6.52. The highest BCUT2D eigenvalue weighted by atomic mass is 32.2. The van der Waals surface area contributed by atoms with Gasteiger partial charge in [0, 0.05) is 0 Å². The highest BCUT2D eigenvalue weighted by Gasteiger charge is 2.48. The van der Waals surface area contributed by atoms with E-state index < -0.39 is 27.7 Å². The second kappa shape index (κ2) is 5.96. The maximum Gasteiger partial charge on any atom is 0.405 e. The fourth-order valence-electron chi connectivity index (χ4n) is 1.95. The van der Waals surface area contributed by atoms with Crippen LogP contribution in [0.2, 0.25) is 0 Å². The number of benzene rings is 1. The Morgan fingerprint density at radius 2 is 1.57 bits per heavy atom. The van der Waals surface area contributed by atoms with E-state index in [0.29, 0.717) is 0 Å². The van der Waals surface area contributed by atoms with Crippen LogP contribution in [0.3, 0.4) is 0 Å². The zero-order valence-electron chi connectivity index (χ0n) is 12.2. The lowest BCUT2D eigenvalue weighted by Gasteiger charge is -2.22. The average molecular weight is 323 g/mol. The summed E-state index contributed by atoms with van der Waals surface area (Å²) in [6.07, 6.45) is -5.48. The summed E-state index contributed by atoms with van der Waals surface area (Å²) in [5.74, 6) is 0. The van der Waals surface area contributed by atoms with E-state index >= 15 is 0 Å². The van der Waals surface area contributed by atoms with E-state index in [1.54, 1.807) is 12.1 Å². The predicted octanol–water partition coefficient (Wildman–Crippen LogP) is 3.04. The van der Waals surface area contributed by atoms with Crippen LogP contribution in [0, 0.1) is 0 Å². The zero-order valence-corrected chi connectivity index (χ0v) is 13.1. The van der Waals surface area contributed by atoms with Crippen LogP contribution >= 0.6 is 0 Å². The van der Waals surface area contributed by atoms with Crippen molar-refractivity contribution in [2.45, 2.75) is 48.9 Å². The van der Waals surface area contributed by atoms with Gasteiger partial charge in [-0.25, -0.2) is 8.42 Å². The number of hydrogen-bond donors (Lipinski definition) is 1. The van der Waals surface area contributed by atoms with Crippen molar-refractivity contribution in [1.82, 2.24) is 0 Å². The number of hydrogen-bond acceptors (Lipinski definition) is 3. The first kappa shape index (κ1) is 18.0. The molecule has 0 heterocycles. The van der Waals surface area contributed by atoms with Crippen molar-refractivity contribution in [3.63, 3.8) is 0 Å². The molecule has 120 valence electrons. The van der Waals surface area contributed by atoms with Gasteiger partial charge < -0.3 is 5.73 Å². The molecule has 0 saturated carbocycles. The normalized spacial score (nSPS) is 15.0. The van der Waals surface area contributed by atoms with Crippen molar-refractivity contribution in [2.75, 3.05) is 6.54 Å². The molecule has 0 aliphatic carbocycles. The summed E-state index contributed by atoms with van der Waals surface area (Å²) < 4.78 is 63.1. The van der Waals surface area contributed by atoms with Crippen LogP contribution in [-0.2, 0) is 15.3 Å². The van der Waals surface area contributed by atoms with Crippen LogP contribution in [0.5, 0.6) is 0 Å². The average Bonchev–Trinajstić information content (AvgIpc) is 2.33. The highest BCUT2D eigenvalue weighted by molar-refractivity contribution is 7.92. The Bertz CT molecular complexity index is 572. The maximum absolute atomic E-state index is 12.9. The molecule has 3 nitrogen and oxygen atoms in total. The van der Waals surface area contributed by atoms with Gasteiger partial charge in [0.1, 0.15) is 0 Å². The fourth-order valence-corrected chi connectivity index (χ4v) is 3.60. The third-order valence-corrected chi connectivity index (χ3v) is 5.40. The van der Waals surface area contributed by atoms with Crippen LogP contribution in [0.1, 0.15) is 32.8 Å². The summed E-state index contributed by atoms with van der Waals surface area (Å²) in [7, 11) is -4.49. The van der Waals surface area contributed by atoms with Gasteiger partial charge in [0.2, 0.25) is 0 Å². The van der Waals surface area contributed by atoms with E-state index in [1.807, 2.05) is 20.8 Å². The molecule has 1 unspecified atom stereocenters. The molecule has 1 aromatic rings. The second-order valence-corrected chi connectivity index (χ2v) is 8.06. The van der Waals surface area contributed by atoms with Crippen LogP contribution in [0.4, 0.5) is 13.2 Å². The van der Waals surface area contributed by atoms with Crippen LogP contribution in [-0.4, -0.2) is 26.4 Å². The van der Waals surface area contributed by atoms with Crippen LogP contribution < -0.4 is 5.73 Å². The molecule has 0 saturated heterocycles. The third kappa shape index (κ3) is 4.20.